The van der Waals surface area contributed by atoms with Crippen LogP contribution in [0.25, 0.3) is 0 Å². The van der Waals surface area contributed by atoms with E-state index in [-0.39, 0.29) is 48.1 Å². The molecule has 0 saturated carbocycles. The van der Waals surface area contributed by atoms with Gasteiger partial charge in [-0.2, -0.15) is 13.2 Å². The Bertz CT molecular complexity index is 910. The number of likely N-dealkylation sites (tertiary alicyclic amines) is 2. The molecule has 0 bridgehead atoms. The van der Waals surface area contributed by atoms with E-state index < -0.39 is 35.6 Å². The highest BCUT2D eigenvalue weighted by Crippen LogP contribution is 2.55. The maximum absolute atomic E-state index is 14.7. The van der Waals surface area contributed by atoms with Crippen molar-refractivity contribution in [2.24, 2.45) is 22.7 Å². The lowest BCUT2D eigenvalue weighted by Crippen LogP contribution is -2.51. The molecule has 0 aromatic heterocycles. The Labute approximate surface area is 246 Å². The van der Waals surface area contributed by atoms with Gasteiger partial charge in [-0.15, -0.1) is 0 Å². The third-order valence-corrected chi connectivity index (χ3v) is 9.98. The van der Waals surface area contributed by atoms with Gasteiger partial charge in [-0.1, -0.05) is 26.0 Å². The minimum absolute atomic E-state index is 0.0148. The number of halogens is 3. The standard InChI is InChI=1S/C32H57F3N2O4/c1-22(2)23(3)39-17-24-26(32(33,34)35)25(16-37(24)28(7,8)9)41-29(10,11)40-21-31-15-13-12-14-30(31,20-38)18-36(19-31)27(4,5)6/h12-13,22-26,38H,14-21H2,1-11H3/t23-,24?,25?,26?,30?,31?/m1/s1. The summed E-state index contributed by atoms with van der Waals surface area (Å²) in [6.07, 6.45) is 0.0593. The van der Waals surface area contributed by atoms with Crippen LogP contribution in [-0.4, -0.2) is 95.7 Å². The first-order valence-electron chi connectivity index (χ1n) is 15.4. The molecule has 2 heterocycles. The van der Waals surface area contributed by atoms with Crippen LogP contribution in [-0.2, 0) is 14.2 Å². The SMILES string of the molecule is CC(C)[C@@H](C)OCC1C(C(F)(F)F)C(OC(C)(C)OCC23CC=CCC2(CO)CN(C(C)(C)C)C3)CN1C(C)(C)C. The van der Waals surface area contributed by atoms with Gasteiger partial charge >= 0.3 is 6.18 Å². The van der Waals surface area contributed by atoms with Gasteiger partial charge in [-0.05, 0) is 81.1 Å². The average Bonchev–Trinajstić information content (AvgIpc) is 3.37. The molecule has 0 amide bonds. The van der Waals surface area contributed by atoms with Crippen molar-refractivity contribution >= 4 is 0 Å². The first-order chi connectivity index (χ1) is 18.6. The number of allylic oxidation sites excluding steroid dienone is 2. The van der Waals surface area contributed by atoms with Crippen LogP contribution in [0.15, 0.2) is 12.2 Å². The Morgan fingerprint density at radius 2 is 1.46 bits per heavy atom. The first-order valence-corrected chi connectivity index (χ1v) is 15.4. The van der Waals surface area contributed by atoms with Crippen LogP contribution >= 0.6 is 0 Å². The van der Waals surface area contributed by atoms with E-state index in [0.29, 0.717) is 6.61 Å². The molecule has 3 rings (SSSR count). The smallest absolute Gasteiger partial charge is 0.395 e. The van der Waals surface area contributed by atoms with Crippen molar-refractivity contribution in [3.63, 3.8) is 0 Å². The molecule has 0 spiro atoms. The molecule has 9 heteroatoms. The van der Waals surface area contributed by atoms with Crippen LogP contribution in [0.5, 0.6) is 0 Å². The molecule has 0 aromatic carbocycles. The topological polar surface area (TPSA) is 54.4 Å². The number of nitrogens with zero attached hydrogens (tertiary/aromatic N) is 2. The van der Waals surface area contributed by atoms with Crippen LogP contribution < -0.4 is 0 Å². The van der Waals surface area contributed by atoms with E-state index in [0.717, 1.165) is 25.9 Å². The van der Waals surface area contributed by atoms with Gasteiger partial charge in [-0.25, -0.2) is 0 Å². The second-order valence-corrected chi connectivity index (χ2v) is 15.7. The van der Waals surface area contributed by atoms with Gasteiger partial charge in [0.25, 0.3) is 0 Å². The van der Waals surface area contributed by atoms with Crippen molar-refractivity contribution < 1.29 is 32.5 Å². The second-order valence-electron chi connectivity index (χ2n) is 15.7. The summed E-state index contributed by atoms with van der Waals surface area (Å²) in [5.41, 5.74) is -1.31. The number of rotatable bonds is 10. The van der Waals surface area contributed by atoms with Crippen molar-refractivity contribution in [2.45, 2.75) is 130 Å². The molecule has 2 aliphatic heterocycles. The molecule has 6 atom stereocenters. The third kappa shape index (κ3) is 7.51. The third-order valence-electron chi connectivity index (χ3n) is 9.98. The van der Waals surface area contributed by atoms with Crippen molar-refractivity contribution in [3.8, 4) is 0 Å². The van der Waals surface area contributed by atoms with Crippen LogP contribution in [0.2, 0.25) is 0 Å². The summed E-state index contributed by atoms with van der Waals surface area (Å²) in [6, 6.07) is -0.865. The van der Waals surface area contributed by atoms with Crippen LogP contribution in [0.4, 0.5) is 13.2 Å². The molecule has 240 valence electrons. The predicted octanol–water partition coefficient (Wildman–Crippen LogP) is 6.28. The van der Waals surface area contributed by atoms with Gasteiger partial charge in [0.1, 0.15) is 5.92 Å². The molecule has 6 nitrogen and oxygen atoms in total. The number of aliphatic hydroxyl groups is 1. The molecule has 2 fully saturated rings. The van der Waals surface area contributed by atoms with Crippen LogP contribution in [0.3, 0.4) is 0 Å². The zero-order chi connectivity index (χ0) is 31.2. The number of fused-ring (bicyclic) bond motifs is 1. The number of alkyl halides is 3. The summed E-state index contributed by atoms with van der Waals surface area (Å²) in [6.45, 7) is 23.6. The van der Waals surface area contributed by atoms with E-state index in [9.17, 15) is 18.3 Å². The van der Waals surface area contributed by atoms with Gasteiger partial charge in [0, 0.05) is 47.6 Å². The van der Waals surface area contributed by atoms with Crippen LogP contribution in [0.1, 0.15) is 89.0 Å². The van der Waals surface area contributed by atoms with Crippen molar-refractivity contribution in [3.05, 3.63) is 12.2 Å². The lowest BCUT2D eigenvalue weighted by molar-refractivity contribution is -0.282. The first kappa shape index (κ1) is 34.8. The molecule has 1 aliphatic carbocycles. The number of hydrogen-bond donors (Lipinski definition) is 1. The van der Waals surface area contributed by atoms with E-state index in [1.54, 1.807) is 13.8 Å². The zero-order valence-electron chi connectivity index (χ0n) is 27.4. The highest BCUT2D eigenvalue weighted by molar-refractivity contribution is 5.17. The second kappa shape index (κ2) is 12.0. The van der Waals surface area contributed by atoms with E-state index in [2.05, 4.69) is 37.8 Å². The lowest BCUT2D eigenvalue weighted by Gasteiger charge is -2.47. The fourth-order valence-electron chi connectivity index (χ4n) is 6.86. The fourth-order valence-corrected chi connectivity index (χ4v) is 6.86. The van der Waals surface area contributed by atoms with E-state index in [4.69, 9.17) is 14.2 Å². The molecular formula is C32H57F3N2O4. The highest BCUT2D eigenvalue weighted by atomic mass is 19.4. The summed E-state index contributed by atoms with van der Waals surface area (Å²) in [5.74, 6) is -2.77. The molecule has 0 radical (unpaired) electrons. The molecule has 2 saturated heterocycles. The molecular weight excluding hydrogens is 533 g/mol. The van der Waals surface area contributed by atoms with Gasteiger partial charge < -0.3 is 19.3 Å². The highest BCUT2D eigenvalue weighted by Gasteiger charge is 2.61. The van der Waals surface area contributed by atoms with Gasteiger partial charge in [0.15, 0.2) is 5.79 Å². The number of ether oxygens (including phenoxy) is 3. The maximum Gasteiger partial charge on any atom is 0.395 e. The van der Waals surface area contributed by atoms with Gasteiger partial charge in [-0.3, -0.25) is 9.80 Å². The molecule has 3 aliphatic rings. The fraction of sp³-hybridized carbons (Fsp3) is 0.938. The summed E-state index contributed by atoms with van der Waals surface area (Å²) in [7, 11) is 0. The van der Waals surface area contributed by atoms with E-state index in [1.165, 1.54) is 0 Å². The molecule has 5 unspecified atom stereocenters. The van der Waals surface area contributed by atoms with Gasteiger partial charge in [0.05, 0.1) is 32.0 Å². The Morgan fingerprint density at radius 1 is 0.902 bits per heavy atom. The summed E-state index contributed by atoms with van der Waals surface area (Å²) in [4.78, 5) is 4.28. The minimum Gasteiger partial charge on any atom is -0.396 e. The van der Waals surface area contributed by atoms with Crippen molar-refractivity contribution in [1.29, 1.82) is 0 Å². The number of aliphatic hydroxyl groups excluding tert-OH is 1. The Morgan fingerprint density at radius 3 is 1.95 bits per heavy atom. The van der Waals surface area contributed by atoms with E-state index >= 15 is 0 Å². The van der Waals surface area contributed by atoms with Gasteiger partial charge in [0.2, 0.25) is 0 Å². The molecule has 0 aromatic rings. The molecule has 1 N–H and O–H groups in total. The number of hydrogen-bond acceptors (Lipinski definition) is 6. The average molecular weight is 591 g/mol. The summed E-state index contributed by atoms with van der Waals surface area (Å²) >= 11 is 0. The van der Waals surface area contributed by atoms with Crippen LogP contribution in [0, 0.1) is 22.7 Å². The largest absolute Gasteiger partial charge is 0.396 e. The van der Waals surface area contributed by atoms with Crippen molar-refractivity contribution in [1.82, 2.24) is 9.80 Å². The molecule has 41 heavy (non-hydrogen) atoms. The van der Waals surface area contributed by atoms with E-state index in [1.807, 2.05) is 46.4 Å². The predicted molar refractivity (Wildman–Crippen MR) is 157 cm³/mol. The Hall–Kier alpha value is -0.710. The summed E-state index contributed by atoms with van der Waals surface area (Å²) < 4.78 is 63.0. The zero-order valence-corrected chi connectivity index (χ0v) is 27.4. The Kier molecular flexibility index (Phi) is 10.2. The van der Waals surface area contributed by atoms with Crippen molar-refractivity contribution in [2.75, 3.05) is 39.5 Å². The Balaban J connectivity index is 1.83. The lowest BCUT2D eigenvalue weighted by atomic mass is 9.60. The quantitative estimate of drug-likeness (QED) is 0.239. The maximum atomic E-state index is 14.7. The summed E-state index contributed by atoms with van der Waals surface area (Å²) in [5, 5.41) is 10.7. The normalized spacial score (nSPS) is 33.1. The minimum atomic E-state index is -4.46. The monoisotopic (exact) mass is 590 g/mol.